The molecule has 0 aliphatic carbocycles. The van der Waals surface area contributed by atoms with Crippen LogP contribution in [0, 0.1) is 0 Å². The molecule has 0 saturated heterocycles. The van der Waals surface area contributed by atoms with Gasteiger partial charge < -0.3 is 5.32 Å². The zero-order valence-corrected chi connectivity index (χ0v) is 11.3. The second-order valence-corrected chi connectivity index (χ2v) is 4.81. The van der Waals surface area contributed by atoms with E-state index in [2.05, 4.69) is 12.2 Å². The van der Waals surface area contributed by atoms with Gasteiger partial charge in [-0.2, -0.15) is 0 Å². The molecule has 1 rings (SSSR count). The topological polar surface area (TPSA) is 29.1 Å². The number of hydrogen-bond donors (Lipinski definition) is 1. The lowest BCUT2D eigenvalue weighted by Gasteiger charge is -2.13. The lowest BCUT2D eigenvalue weighted by Crippen LogP contribution is -2.32. The number of amides is 1. The monoisotopic (exact) mass is 253 g/mol. The van der Waals surface area contributed by atoms with Gasteiger partial charge in [0, 0.05) is 16.6 Å². The normalized spacial score (nSPS) is 12.2. The van der Waals surface area contributed by atoms with Crippen molar-refractivity contribution in [2.45, 2.75) is 45.6 Å². The van der Waals surface area contributed by atoms with Crippen LogP contribution in [0.15, 0.2) is 24.3 Å². The van der Waals surface area contributed by atoms with E-state index >= 15 is 0 Å². The van der Waals surface area contributed by atoms with Crippen molar-refractivity contribution in [2.75, 3.05) is 0 Å². The van der Waals surface area contributed by atoms with E-state index in [-0.39, 0.29) is 11.9 Å². The minimum Gasteiger partial charge on any atom is -0.350 e. The van der Waals surface area contributed by atoms with Crippen molar-refractivity contribution >= 4 is 17.5 Å². The van der Waals surface area contributed by atoms with Crippen LogP contribution in [-0.4, -0.2) is 11.9 Å². The first-order valence-corrected chi connectivity index (χ1v) is 6.57. The Balaban J connectivity index is 2.40. The summed E-state index contributed by atoms with van der Waals surface area (Å²) >= 11 is 5.77. The van der Waals surface area contributed by atoms with E-state index in [0.717, 1.165) is 6.42 Å². The number of hydrogen-bond acceptors (Lipinski definition) is 1. The zero-order chi connectivity index (χ0) is 12.7. The molecule has 0 bridgehead atoms. The molecule has 0 unspecified atom stereocenters. The van der Waals surface area contributed by atoms with E-state index in [4.69, 9.17) is 11.6 Å². The molecule has 1 aromatic carbocycles. The minimum absolute atomic E-state index is 0.0225. The number of rotatable bonds is 6. The number of carbonyl (C=O) groups excluding carboxylic acids is 1. The lowest BCUT2D eigenvalue weighted by atomic mass is 10.1. The SMILES string of the molecule is CCCCC[C@H](C)NC(=O)c1ccc(Cl)cc1. The predicted molar refractivity (Wildman–Crippen MR) is 72.5 cm³/mol. The van der Waals surface area contributed by atoms with E-state index in [1.807, 2.05) is 6.92 Å². The molecule has 1 amide bonds. The highest BCUT2D eigenvalue weighted by atomic mass is 35.5. The van der Waals surface area contributed by atoms with Crippen molar-refractivity contribution in [2.24, 2.45) is 0 Å². The molecule has 1 atom stereocenters. The Labute approximate surface area is 108 Å². The molecular formula is C14H20ClNO. The lowest BCUT2D eigenvalue weighted by molar-refractivity contribution is 0.0938. The highest BCUT2D eigenvalue weighted by Crippen LogP contribution is 2.10. The van der Waals surface area contributed by atoms with E-state index in [9.17, 15) is 4.79 Å². The molecule has 0 aliphatic heterocycles. The summed E-state index contributed by atoms with van der Waals surface area (Å²) < 4.78 is 0. The average Bonchev–Trinajstić information content (AvgIpc) is 2.30. The van der Waals surface area contributed by atoms with Crippen LogP contribution in [0.1, 0.15) is 49.9 Å². The van der Waals surface area contributed by atoms with Crippen molar-refractivity contribution in [1.82, 2.24) is 5.32 Å². The third-order valence-electron chi connectivity index (χ3n) is 2.72. The van der Waals surface area contributed by atoms with E-state index in [1.54, 1.807) is 24.3 Å². The predicted octanol–water partition coefficient (Wildman–Crippen LogP) is 4.04. The fourth-order valence-electron chi connectivity index (χ4n) is 1.68. The van der Waals surface area contributed by atoms with Crippen LogP contribution < -0.4 is 5.32 Å². The van der Waals surface area contributed by atoms with Crippen molar-refractivity contribution in [1.29, 1.82) is 0 Å². The Hall–Kier alpha value is -1.02. The van der Waals surface area contributed by atoms with Gasteiger partial charge in [-0.1, -0.05) is 37.8 Å². The molecule has 17 heavy (non-hydrogen) atoms. The maximum atomic E-state index is 11.8. The zero-order valence-electron chi connectivity index (χ0n) is 10.5. The molecule has 0 spiro atoms. The largest absolute Gasteiger partial charge is 0.350 e. The van der Waals surface area contributed by atoms with Crippen LogP contribution in [0.2, 0.25) is 5.02 Å². The molecule has 1 N–H and O–H groups in total. The van der Waals surface area contributed by atoms with Gasteiger partial charge in [-0.3, -0.25) is 4.79 Å². The van der Waals surface area contributed by atoms with Crippen LogP contribution >= 0.6 is 11.6 Å². The van der Waals surface area contributed by atoms with Gasteiger partial charge in [-0.25, -0.2) is 0 Å². The quantitative estimate of drug-likeness (QED) is 0.762. The van der Waals surface area contributed by atoms with Gasteiger partial charge in [0.05, 0.1) is 0 Å². The molecule has 0 radical (unpaired) electrons. The van der Waals surface area contributed by atoms with Crippen LogP contribution in [0.4, 0.5) is 0 Å². The first kappa shape index (κ1) is 14.0. The molecular weight excluding hydrogens is 234 g/mol. The summed E-state index contributed by atoms with van der Waals surface area (Å²) in [5, 5.41) is 3.64. The minimum atomic E-state index is -0.0225. The molecule has 94 valence electrons. The summed E-state index contributed by atoms with van der Waals surface area (Å²) in [5.74, 6) is -0.0225. The van der Waals surface area contributed by atoms with Gasteiger partial charge in [0.1, 0.15) is 0 Å². The summed E-state index contributed by atoms with van der Waals surface area (Å²) in [6.45, 7) is 4.22. The Kier molecular flexibility index (Phi) is 6.06. The van der Waals surface area contributed by atoms with Gasteiger partial charge in [0.2, 0.25) is 0 Å². The number of nitrogens with one attached hydrogen (secondary N) is 1. The second kappa shape index (κ2) is 7.33. The maximum Gasteiger partial charge on any atom is 0.251 e. The molecule has 0 aromatic heterocycles. The second-order valence-electron chi connectivity index (χ2n) is 4.38. The van der Waals surface area contributed by atoms with Crippen molar-refractivity contribution < 1.29 is 4.79 Å². The summed E-state index contributed by atoms with van der Waals surface area (Å²) in [4.78, 5) is 11.8. The summed E-state index contributed by atoms with van der Waals surface area (Å²) in [6.07, 6.45) is 4.63. The smallest absolute Gasteiger partial charge is 0.251 e. The fourth-order valence-corrected chi connectivity index (χ4v) is 1.81. The van der Waals surface area contributed by atoms with E-state index in [1.165, 1.54) is 19.3 Å². The Morgan fingerprint density at radius 1 is 1.29 bits per heavy atom. The van der Waals surface area contributed by atoms with Crippen LogP contribution in [0.3, 0.4) is 0 Å². The van der Waals surface area contributed by atoms with Crippen molar-refractivity contribution in [3.8, 4) is 0 Å². The molecule has 2 nitrogen and oxygen atoms in total. The molecule has 3 heteroatoms. The van der Waals surface area contributed by atoms with Crippen molar-refractivity contribution in [3.63, 3.8) is 0 Å². The van der Waals surface area contributed by atoms with Crippen LogP contribution in [-0.2, 0) is 0 Å². The third kappa shape index (κ3) is 5.22. The van der Waals surface area contributed by atoms with E-state index in [0.29, 0.717) is 10.6 Å². The molecule has 0 saturated carbocycles. The summed E-state index contributed by atoms with van der Waals surface area (Å²) in [6, 6.07) is 7.19. The third-order valence-corrected chi connectivity index (χ3v) is 2.98. The number of carbonyl (C=O) groups is 1. The molecule has 0 heterocycles. The number of unbranched alkanes of at least 4 members (excludes halogenated alkanes) is 2. The number of halogens is 1. The van der Waals surface area contributed by atoms with Gasteiger partial charge in [0.15, 0.2) is 0 Å². The average molecular weight is 254 g/mol. The molecule has 0 aliphatic rings. The summed E-state index contributed by atoms with van der Waals surface area (Å²) in [5.41, 5.74) is 0.664. The first-order valence-electron chi connectivity index (χ1n) is 6.20. The fraction of sp³-hybridized carbons (Fsp3) is 0.500. The standard InChI is InChI=1S/C14H20ClNO/c1-3-4-5-6-11(2)16-14(17)12-7-9-13(15)10-8-12/h7-11H,3-6H2,1-2H3,(H,16,17)/t11-/m0/s1. The van der Waals surface area contributed by atoms with Crippen LogP contribution in [0.25, 0.3) is 0 Å². The highest BCUT2D eigenvalue weighted by molar-refractivity contribution is 6.30. The Bertz CT molecular complexity index is 348. The summed E-state index contributed by atoms with van der Waals surface area (Å²) in [7, 11) is 0. The Morgan fingerprint density at radius 2 is 1.94 bits per heavy atom. The van der Waals surface area contributed by atoms with Gasteiger partial charge in [-0.05, 0) is 37.6 Å². The first-order chi connectivity index (χ1) is 8.13. The van der Waals surface area contributed by atoms with Crippen molar-refractivity contribution in [3.05, 3.63) is 34.9 Å². The van der Waals surface area contributed by atoms with E-state index < -0.39 is 0 Å². The molecule has 1 aromatic rings. The van der Waals surface area contributed by atoms with Gasteiger partial charge in [0.25, 0.3) is 5.91 Å². The van der Waals surface area contributed by atoms with Gasteiger partial charge >= 0.3 is 0 Å². The Morgan fingerprint density at radius 3 is 2.53 bits per heavy atom. The number of benzene rings is 1. The van der Waals surface area contributed by atoms with Crippen LogP contribution in [0.5, 0.6) is 0 Å². The van der Waals surface area contributed by atoms with Gasteiger partial charge in [-0.15, -0.1) is 0 Å². The maximum absolute atomic E-state index is 11.8. The highest BCUT2D eigenvalue weighted by Gasteiger charge is 2.08. The molecule has 0 fully saturated rings.